The number of nitrogens with one attached hydrogen (secondary N) is 1. The third-order valence-electron chi connectivity index (χ3n) is 5.81. The van der Waals surface area contributed by atoms with Crippen molar-refractivity contribution in [1.29, 1.82) is 0 Å². The van der Waals surface area contributed by atoms with Crippen molar-refractivity contribution in [3.63, 3.8) is 0 Å². The van der Waals surface area contributed by atoms with E-state index in [0.717, 1.165) is 29.8 Å². The molecular formula is C19H38N2. The highest BCUT2D eigenvalue weighted by atomic mass is 15.2. The molecule has 3 atom stereocenters. The van der Waals surface area contributed by atoms with E-state index < -0.39 is 0 Å². The predicted octanol–water partition coefficient (Wildman–Crippen LogP) is 4.30. The Hall–Kier alpha value is -0.0800. The van der Waals surface area contributed by atoms with Crippen molar-refractivity contribution in [2.75, 3.05) is 19.6 Å². The monoisotopic (exact) mass is 294 g/mol. The molecule has 0 radical (unpaired) electrons. The van der Waals surface area contributed by atoms with E-state index in [0.29, 0.717) is 0 Å². The Kier molecular flexibility index (Phi) is 7.01. The molecule has 1 aliphatic carbocycles. The largest absolute Gasteiger partial charge is 0.311 e. The van der Waals surface area contributed by atoms with Crippen LogP contribution in [0, 0.1) is 17.8 Å². The van der Waals surface area contributed by atoms with Gasteiger partial charge in [-0.3, -0.25) is 4.90 Å². The van der Waals surface area contributed by atoms with Gasteiger partial charge in [0.2, 0.25) is 0 Å². The first-order valence-corrected chi connectivity index (χ1v) is 9.59. The third-order valence-corrected chi connectivity index (χ3v) is 5.81. The molecule has 0 bridgehead atoms. The summed E-state index contributed by atoms with van der Waals surface area (Å²) < 4.78 is 0. The smallest absolute Gasteiger partial charge is 0.0244 e. The predicted molar refractivity (Wildman–Crippen MR) is 92.6 cm³/mol. The molecular weight excluding hydrogens is 256 g/mol. The zero-order valence-corrected chi connectivity index (χ0v) is 14.9. The van der Waals surface area contributed by atoms with Gasteiger partial charge in [-0.05, 0) is 37.0 Å². The Morgan fingerprint density at radius 1 is 1.10 bits per heavy atom. The van der Waals surface area contributed by atoms with Crippen LogP contribution in [0.1, 0.15) is 72.6 Å². The van der Waals surface area contributed by atoms with Gasteiger partial charge in [0.1, 0.15) is 0 Å². The van der Waals surface area contributed by atoms with E-state index in [-0.39, 0.29) is 0 Å². The highest BCUT2D eigenvalue weighted by Gasteiger charge is 2.34. The van der Waals surface area contributed by atoms with Crippen LogP contribution < -0.4 is 5.32 Å². The Bertz CT molecular complexity index is 283. The number of rotatable bonds is 6. The molecule has 1 aliphatic heterocycles. The van der Waals surface area contributed by atoms with Gasteiger partial charge >= 0.3 is 0 Å². The van der Waals surface area contributed by atoms with Gasteiger partial charge in [-0.2, -0.15) is 0 Å². The fraction of sp³-hybridized carbons (Fsp3) is 1.00. The lowest BCUT2D eigenvalue weighted by atomic mass is 9.82. The van der Waals surface area contributed by atoms with Crippen LogP contribution in [0.5, 0.6) is 0 Å². The van der Waals surface area contributed by atoms with Crippen LogP contribution in [0.4, 0.5) is 0 Å². The number of hydrogen-bond acceptors (Lipinski definition) is 2. The molecule has 1 heterocycles. The second-order valence-electron chi connectivity index (χ2n) is 8.07. The standard InChI is InChI=1S/C19H38N2/c1-5-9-16(4)13-21-14-18(17-10-7-6-8-11-17)20-12-19(21)15(2)3/h15-20H,5-14H2,1-4H3. The minimum absolute atomic E-state index is 0.740. The molecule has 2 fully saturated rings. The summed E-state index contributed by atoms with van der Waals surface area (Å²) in [5, 5.41) is 3.91. The molecule has 1 saturated carbocycles. The lowest BCUT2D eigenvalue weighted by molar-refractivity contribution is 0.0597. The van der Waals surface area contributed by atoms with Gasteiger partial charge in [0, 0.05) is 31.7 Å². The van der Waals surface area contributed by atoms with E-state index in [1.165, 1.54) is 64.6 Å². The van der Waals surface area contributed by atoms with E-state index >= 15 is 0 Å². The van der Waals surface area contributed by atoms with Gasteiger partial charge in [0.25, 0.3) is 0 Å². The number of piperazine rings is 1. The van der Waals surface area contributed by atoms with Gasteiger partial charge in [0.15, 0.2) is 0 Å². The maximum Gasteiger partial charge on any atom is 0.0244 e. The average Bonchev–Trinajstić information content (AvgIpc) is 2.48. The summed E-state index contributed by atoms with van der Waals surface area (Å²) in [4.78, 5) is 2.83. The van der Waals surface area contributed by atoms with Gasteiger partial charge in [-0.15, -0.1) is 0 Å². The van der Waals surface area contributed by atoms with Gasteiger partial charge < -0.3 is 5.32 Å². The minimum atomic E-state index is 0.740. The molecule has 1 saturated heterocycles. The molecule has 0 aromatic rings. The zero-order valence-electron chi connectivity index (χ0n) is 14.9. The van der Waals surface area contributed by atoms with Crippen LogP contribution in [0.3, 0.4) is 0 Å². The van der Waals surface area contributed by atoms with Crippen molar-refractivity contribution in [1.82, 2.24) is 10.2 Å². The summed E-state index contributed by atoms with van der Waals surface area (Å²) in [7, 11) is 0. The topological polar surface area (TPSA) is 15.3 Å². The summed E-state index contributed by atoms with van der Waals surface area (Å²) in [6.45, 7) is 13.4. The molecule has 21 heavy (non-hydrogen) atoms. The second-order valence-corrected chi connectivity index (χ2v) is 8.07. The van der Waals surface area contributed by atoms with Gasteiger partial charge in [-0.25, -0.2) is 0 Å². The molecule has 0 spiro atoms. The molecule has 0 aromatic heterocycles. The molecule has 2 aliphatic rings. The summed E-state index contributed by atoms with van der Waals surface area (Å²) in [6.07, 6.45) is 10.0. The van der Waals surface area contributed by atoms with Crippen LogP contribution in [0.25, 0.3) is 0 Å². The Morgan fingerprint density at radius 2 is 1.81 bits per heavy atom. The number of hydrogen-bond donors (Lipinski definition) is 1. The van der Waals surface area contributed by atoms with Crippen molar-refractivity contribution in [3.8, 4) is 0 Å². The van der Waals surface area contributed by atoms with E-state index in [9.17, 15) is 0 Å². The quantitative estimate of drug-likeness (QED) is 0.785. The van der Waals surface area contributed by atoms with Crippen LogP contribution in [0.15, 0.2) is 0 Å². The first kappa shape index (κ1) is 17.3. The number of nitrogens with zero attached hydrogens (tertiary/aromatic N) is 1. The maximum absolute atomic E-state index is 3.91. The Morgan fingerprint density at radius 3 is 2.43 bits per heavy atom. The summed E-state index contributed by atoms with van der Waals surface area (Å²) in [5.74, 6) is 2.55. The highest BCUT2D eigenvalue weighted by molar-refractivity contribution is 4.92. The van der Waals surface area contributed by atoms with E-state index in [2.05, 4.69) is 37.9 Å². The van der Waals surface area contributed by atoms with Crippen LogP contribution >= 0.6 is 0 Å². The first-order chi connectivity index (χ1) is 10.1. The highest BCUT2D eigenvalue weighted by Crippen LogP contribution is 2.29. The lowest BCUT2D eigenvalue weighted by Crippen LogP contribution is -2.61. The molecule has 124 valence electrons. The summed E-state index contributed by atoms with van der Waals surface area (Å²) in [6, 6.07) is 1.50. The fourth-order valence-electron chi connectivity index (χ4n) is 4.56. The molecule has 2 nitrogen and oxygen atoms in total. The first-order valence-electron chi connectivity index (χ1n) is 9.59. The van der Waals surface area contributed by atoms with Crippen molar-refractivity contribution in [2.45, 2.75) is 84.7 Å². The van der Waals surface area contributed by atoms with Gasteiger partial charge in [0.05, 0.1) is 0 Å². The van der Waals surface area contributed by atoms with Crippen LogP contribution in [-0.2, 0) is 0 Å². The minimum Gasteiger partial charge on any atom is -0.311 e. The van der Waals surface area contributed by atoms with E-state index in [1.807, 2.05) is 0 Å². The fourth-order valence-corrected chi connectivity index (χ4v) is 4.56. The van der Waals surface area contributed by atoms with Crippen LogP contribution in [0.2, 0.25) is 0 Å². The molecule has 3 unspecified atom stereocenters. The van der Waals surface area contributed by atoms with E-state index in [1.54, 1.807) is 0 Å². The van der Waals surface area contributed by atoms with Crippen molar-refractivity contribution in [3.05, 3.63) is 0 Å². The van der Waals surface area contributed by atoms with Crippen molar-refractivity contribution < 1.29 is 0 Å². The Labute approximate surface area is 133 Å². The molecule has 0 amide bonds. The molecule has 2 heteroatoms. The zero-order chi connectivity index (χ0) is 15.2. The van der Waals surface area contributed by atoms with E-state index in [4.69, 9.17) is 0 Å². The van der Waals surface area contributed by atoms with Crippen molar-refractivity contribution in [2.24, 2.45) is 17.8 Å². The van der Waals surface area contributed by atoms with Crippen molar-refractivity contribution >= 4 is 0 Å². The lowest BCUT2D eigenvalue weighted by Gasteiger charge is -2.46. The average molecular weight is 295 g/mol. The van der Waals surface area contributed by atoms with Crippen LogP contribution in [-0.4, -0.2) is 36.6 Å². The summed E-state index contributed by atoms with van der Waals surface area (Å²) in [5.41, 5.74) is 0. The third kappa shape index (κ3) is 4.96. The SMILES string of the molecule is CCCC(C)CN1CC(C2CCCCC2)NCC1C(C)C. The normalized spacial score (nSPS) is 30.7. The Balaban J connectivity index is 1.93. The van der Waals surface area contributed by atoms with Gasteiger partial charge in [-0.1, -0.05) is 53.4 Å². The molecule has 0 aromatic carbocycles. The molecule has 2 rings (SSSR count). The maximum atomic E-state index is 3.91. The second kappa shape index (κ2) is 8.53. The summed E-state index contributed by atoms with van der Waals surface area (Å²) >= 11 is 0. The molecule has 1 N–H and O–H groups in total.